The largest absolute Gasteiger partial charge is 3.00 e. The molecule has 6 aliphatic rings. The third-order valence-corrected chi connectivity index (χ3v) is 11.9. The number of phenolic OH excluding ortho intramolecular Hbond substituents is 2. The monoisotopic (exact) mass is 2020 g/mol. The molecule has 0 saturated carbocycles. The van der Waals surface area contributed by atoms with Crippen LogP contribution in [-0.4, -0.2) is 175 Å². The average molecular weight is 2020 g/mol. The number of nitrogens with zero attached hydrogens (tertiary/aromatic N) is 8. The van der Waals surface area contributed by atoms with Crippen LogP contribution in [0, 0.1) is 174 Å². The summed E-state index contributed by atoms with van der Waals surface area (Å²) in [7, 11) is 2.00. The molecule has 2 aromatic carbocycles. The molecule has 42 nitrogen and oxygen atoms in total. The van der Waals surface area contributed by atoms with Crippen molar-refractivity contribution in [3.05, 3.63) is 368 Å². The number of aliphatic imine (C=N–C) groups is 2. The van der Waals surface area contributed by atoms with E-state index >= 15 is 0 Å². The molecule has 8 rings (SSSR count). The van der Waals surface area contributed by atoms with Gasteiger partial charge in [0.25, 0.3) is 0 Å². The number of allylic oxidation sites excluding steroid dienone is 30. The minimum absolute atomic E-state index is 0. The minimum Gasteiger partial charge on any atom is -0.507 e. The number of ketones is 6. The molecule has 0 atom stereocenters. The maximum atomic E-state index is 11.5. The van der Waals surface area contributed by atoms with E-state index in [2.05, 4.69) is 41.9 Å². The SMILES string of the molecule is CO.CO.ClCCl.ClCCl.O=C1C=CC=C/C1=C/NCCCN/C=C1/C=CC=CC1=O.O=C1C=CC=C/C1=C/NCCCN/C=C1/C=CC=CC1=O.O=C1C=CC=C/C1=C/NCCCN=Cc1ccccc1O.O=C1C=CC=C/C1=C/NCCCN=Cc1ccccc1O.O=[N+]([O-])[O-].O=[N+]([O-])[O-].O=[N+]([O-])[O-].O=[N+]([O-])[O-].O=[N+]([O-])[O-].O=[N+]([O-])[O-].[Nd+3].[Nd+3]. The summed E-state index contributed by atoms with van der Waals surface area (Å²) >= 11 is 19.1. The normalized spacial score (nSPS) is 14.4. The van der Waals surface area contributed by atoms with Crippen LogP contribution in [0.25, 0.3) is 0 Å². The van der Waals surface area contributed by atoms with Gasteiger partial charge >= 0.3 is 81.7 Å². The Bertz CT molecular complexity index is 3620. The van der Waals surface area contributed by atoms with Crippen LogP contribution in [0.4, 0.5) is 0 Å². The van der Waals surface area contributed by atoms with Crippen molar-refractivity contribution in [3.63, 3.8) is 0 Å². The molecule has 2 radical (unpaired) electrons. The smallest absolute Gasteiger partial charge is 0.507 e. The van der Waals surface area contributed by atoms with Crippen molar-refractivity contribution in [1.29, 1.82) is 0 Å². The van der Waals surface area contributed by atoms with Crippen molar-refractivity contribution in [2.75, 3.05) is 77.3 Å². The summed E-state index contributed by atoms with van der Waals surface area (Å²) in [5.74, 6) is 0.573. The zero-order chi connectivity index (χ0) is 90.5. The number of para-hydroxylation sites is 2. The molecule has 646 valence electrons. The van der Waals surface area contributed by atoms with Gasteiger partial charge in [0.05, 0.1) is 41.2 Å². The van der Waals surface area contributed by atoms with Gasteiger partial charge in [-0.05, 0) is 123 Å². The third-order valence-electron chi connectivity index (χ3n) is 11.9. The zero-order valence-electron chi connectivity index (χ0n) is 63.7. The molecule has 48 heteroatoms. The van der Waals surface area contributed by atoms with Crippen molar-refractivity contribution in [2.45, 2.75) is 25.7 Å². The van der Waals surface area contributed by atoms with Crippen LogP contribution in [0.15, 0.2) is 275 Å². The molecule has 0 saturated heterocycles. The molecule has 10 N–H and O–H groups in total. The zero-order valence-corrected chi connectivity index (χ0v) is 73.1. The van der Waals surface area contributed by atoms with Gasteiger partial charge < -0.3 is 144 Å². The fourth-order valence-electron chi connectivity index (χ4n) is 7.34. The predicted molar refractivity (Wildman–Crippen MR) is 447 cm³/mol. The first-order chi connectivity index (χ1) is 56.3. The minimum atomic E-state index is -1.75. The van der Waals surface area contributed by atoms with Crippen molar-refractivity contribution >= 4 is 93.5 Å². The molecule has 2 aromatic rings. The molecule has 120 heavy (non-hydrogen) atoms. The first-order valence-corrected chi connectivity index (χ1v) is 35.0. The van der Waals surface area contributed by atoms with Gasteiger partial charge in [-0.15, -0.1) is 46.4 Å². The Kier molecular flexibility index (Phi) is 92.9. The number of aliphatic hydroxyl groups excluding tert-OH is 2. The molecule has 0 fully saturated rings. The second-order valence-corrected chi connectivity index (χ2v) is 21.6. The Balaban J connectivity index is -0.000000204. The molecule has 0 spiro atoms. The Labute approximate surface area is 772 Å². The van der Waals surface area contributed by atoms with Crippen LogP contribution in [0.5, 0.6) is 11.5 Å². The van der Waals surface area contributed by atoms with E-state index in [9.17, 15) is 39.0 Å². The van der Waals surface area contributed by atoms with Gasteiger partial charge in [0, 0.05) is 161 Å². The summed E-state index contributed by atoms with van der Waals surface area (Å²) in [6.45, 7) is 5.84. The molecule has 6 aliphatic carbocycles. The van der Waals surface area contributed by atoms with E-state index in [0.29, 0.717) is 46.5 Å². The predicted octanol–water partition coefficient (Wildman–Crippen LogP) is 8.79. The molecular weight excluding hydrogens is 1940 g/mol. The van der Waals surface area contributed by atoms with E-state index < -0.39 is 30.5 Å². The molecule has 0 heterocycles. The van der Waals surface area contributed by atoms with Gasteiger partial charge in [-0.3, -0.25) is 38.8 Å². The number of nitrogens with one attached hydrogen (secondary N) is 6. The van der Waals surface area contributed by atoms with E-state index in [-0.39, 0.29) is 139 Å². The van der Waals surface area contributed by atoms with Crippen molar-refractivity contribution in [2.24, 2.45) is 9.98 Å². The molecule has 0 unspecified atom stereocenters. The van der Waals surface area contributed by atoms with E-state index in [1.807, 2.05) is 60.7 Å². The summed E-state index contributed by atoms with van der Waals surface area (Å²) in [6.07, 6.45) is 58.6. The maximum absolute atomic E-state index is 11.5. The first kappa shape index (κ1) is 124. The Hall–Kier alpha value is -11.5. The quantitative estimate of drug-likeness (QED) is 0.0117. The number of carbonyl (C=O) groups is 6. The fourth-order valence-corrected chi connectivity index (χ4v) is 7.34. The van der Waals surface area contributed by atoms with E-state index in [1.165, 1.54) is 0 Å². The van der Waals surface area contributed by atoms with E-state index in [1.54, 1.807) is 183 Å². The summed E-state index contributed by atoms with van der Waals surface area (Å²) in [5.41, 5.74) is 5.42. The number of aliphatic hydroxyl groups is 2. The second kappa shape index (κ2) is 89.8. The summed E-state index contributed by atoms with van der Waals surface area (Å²) < 4.78 is 0. The van der Waals surface area contributed by atoms with Gasteiger partial charge in [0.2, 0.25) is 0 Å². The van der Waals surface area contributed by atoms with E-state index in [0.717, 1.165) is 90.3 Å². The van der Waals surface area contributed by atoms with Gasteiger partial charge in [-0.2, -0.15) is 0 Å². The maximum Gasteiger partial charge on any atom is 3.00 e. The van der Waals surface area contributed by atoms with Crippen LogP contribution in [-0.2, 0) is 28.8 Å². The number of rotatable bonds is 24. The Morgan fingerprint density at radius 2 is 0.450 bits per heavy atom. The first-order valence-electron chi connectivity index (χ1n) is 32.9. The fraction of sp³-hybridized carbons (Fsp3) is 0.222. The second-order valence-electron chi connectivity index (χ2n) is 20.0. The number of halogens is 4. The summed E-state index contributed by atoms with van der Waals surface area (Å²) in [6, 6.07) is 14.2. The summed E-state index contributed by atoms with van der Waals surface area (Å²) in [5, 5.41) is 141. The number of phenols is 2. The van der Waals surface area contributed by atoms with Crippen molar-refractivity contribution in [3.8, 4) is 11.5 Å². The number of alkyl halides is 4. The van der Waals surface area contributed by atoms with Crippen LogP contribution < -0.4 is 31.9 Å². The number of carbonyl (C=O) groups excluding carboxylic acids is 6. The molecule has 0 amide bonds. The van der Waals surface area contributed by atoms with Gasteiger partial charge in [0.1, 0.15) is 11.5 Å². The molecule has 0 aliphatic heterocycles. The number of aromatic hydroxyl groups is 2. The van der Waals surface area contributed by atoms with Crippen LogP contribution in [0.3, 0.4) is 0 Å². The van der Waals surface area contributed by atoms with Crippen molar-refractivity contribution < 1.29 is 161 Å². The van der Waals surface area contributed by atoms with Crippen LogP contribution in [0.2, 0.25) is 0 Å². The van der Waals surface area contributed by atoms with Gasteiger partial charge in [0.15, 0.2) is 34.7 Å². The van der Waals surface area contributed by atoms with Crippen molar-refractivity contribution in [1.82, 2.24) is 31.9 Å². The van der Waals surface area contributed by atoms with E-state index in [4.69, 9.17) is 149 Å². The standard InChI is InChI=1S/4C17H18N2O2.2CH2Cl2.2CH4O.6NO3.2Nd/c4*20-16-8-3-1-6-14(16)12-18-10-5-11-19-13-15-7-2-4-9-17(15)21;2*2-1-3;2*1-2;6*2-1(3)4;;/h2*1-4,6-9,12-13,18,21H,5,10-11H2;2*1-4,6-9,12-13,18-19H,5,10-11H2;2*1H2;2*2H,1H3;;;;;;;;/q;;;;;;;;6*-1;2*+3/b2*14-12-,19-13?;2*14-12-,15-13-;;;;;;;;;;;;. The number of hydrogen-bond acceptors (Lipinski definition) is 36. The molecule has 0 aromatic heterocycles. The third kappa shape index (κ3) is 87.3. The molecule has 0 bridgehead atoms. The number of benzene rings is 2. The topological polar surface area (TPSA) is 677 Å². The molecular formula is C72H84Cl4N14Nd2O28. The Morgan fingerprint density at radius 3 is 0.608 bits per heavy atom. The Morgan fingerprint density at radius 1 is 0.300 bits per heavy atom. The summed E-state index contributed by atoms with van der Waals surface area (Å²) in [4.78, 5) is 127. The average Bonchev–Trinajstić information content (AvgIpc) is 0.946. The van der Waals surface area contributed by atoms with Crippen LogP contribution >= 0.6 is 46.4 Å². The van der Waals surface area contributed by atoms with Gasteiger partial charge in [-0.1, -0.05) is 97.2 Å². The van der Waals surface area contributed by atoms with Crippen LogP contribution in [0.1, 0.15) is 36.8 Å². The van der Waals surface area contributed by atoms with Gasteiger partial charge in [-0.25, -0.2) is 0 Å². The number of hydrogen-bond donors (Lipinski definition) is 10.